The van der Waals surface area contributed by atoms with E-state index < -0.39 is 0 Å². The molecular formula is C19H23ClN4O. The van der Waals surface area contributed by atoms with Gasteiger partial charge in [0.15, 0.2) is 0 Å². The van der Waals surface area contributed by atoms with E-state index in [9.17, 15) is 4.79 Å². The molecule has 3 rings (SSSR count). The Balaban J connectivity index is 1.81. The van der Waals surface area contributed by atoms with Gasteiger partial charge < -0.3 is 10.2 Å². The monoisotopic (exact) mass is 358 g/mol. The van der Waals surface area contributed by atoms with Crippen molar-refractivity contribution < 1.29 is 4.79 Å². The van der Waals surface area contributed by atoms with E-state index in [-0.39, 0.29) is 5.91 Å². The van der Waals surface area contributed by atoms with Crippen LogP contribution in [0.2, 0.25) is 5.02 Å². The smallest absolute Gasteiger partial charge is 0.272 e. The first-order chi connectivity index (χ1) is 12.0. The normalized spacial score (nSPS) is 14.9. The molecule has 5 nitrogen and oxygen atoms in total. The topological polar surface area (TPSA) is 58.1 Å². The Hall–Kier alpha value is -2.14. The maximum atomic E-state index is 12.7. The van der Waals surface area contributed by atoms with E-state index in [0.29, 0.717) is 16.7 Å². The molecule has 1 saturated heterocycles. The summed E-state index contributed by atoms with van der Waals surface area (Å²) in [6.07, 6.45) is 6.09. The molecule has 1 aliphatic rings. The molecule has 6 heteroatoms. The molecule has 2 aromatic rings. The molecule has 0 radical (unpaired) electrons. The number of nitrogens with one attached hydrogen (secondary N) is 1. The number of likely N-dealkylation sites (tertiary alicyclic amines) is 1. The molecule has 0 saturated carbocycles. The van der Waals surface area contributed by atoms with Gasteiger partial charge >= 0.3 is 0 Å². The van der Waals surface area contributed by atoms with Gasteiger partial charge in [-0.25, -0.2) is 9.97 Å². The zero-order valence-electron chi connectivity index (χ0n) is 14.7. The second-order valence-corrected chi connectivity index (χ2v) is 6.94. The number of carbonyl (C=O) groups excluding carboxylic acids is 1. The minimum absolute atomic E-state index is 0.0286. The number of anilines is 2. The van der Waals surface area contributed by atoms with Crippen LogP contribution in [0.15, 0.2) is 24.4 Å². The molecule has 25 heavy (non-hydrogen) atoms. The fraction of sp³-hybridized carbons (Fsp3) is 0.421. The Kier molecular flexibility index (Phi) is 5.53. The molecule has 0 bridgehead atoms. The minimum atomic E-state index is -0.0286. The van der Waals surface area contributed by atoms with Crippen molar-refractivity contribution in [2.75, 3.05) is 18.4 Å². The zero-order chi connectivity index (χ0) is 17.8. The Morgan fingerprint density at radius 1 is 1.16 bits per heavy atom. The van der Waals surface area contributed by atoms with Gasteiger partial charge in [0.2, 0.25) is 5.95 Å². The van der Waals surface area contributed by atoms with E-state index in [1.54, 1.807) is 12.3 Å². The van der Waals surface area contributed by atoms with Crippen LogP contribution in [0.25, 0.3) is 0 Å². The molecule has 0 unspecified atom stereocenters. The highest BCUT2D eigenvalue weighted by Gasteiger charge is 2.19. The number of hydrogen-bond acceptors (Lipinski definition) is 4. The number of aryl methyl sites for hydroxylation is 2. The van der Waals surface area contributed by atoms with Gasteiger partial charge in [-0.15, -0.1) is 0 Å². The second kappa shape index (κ2) is 7.83. The van der Waals surface area contributed by atoms with E-state index >= 15 is 0 Å². The molecule has 0 atom stereocenters. The van der Waals surface area contributed by atoms with Gasteiger partial charge in [0, 0.05) is 19.3 Å². The molecule has 1 aromatic carbocycles. The van der Waals surface area contributed by atoms with Crippen LogP contribution in [-0.4, -0.2) is 33.9 Å². The Morgan fingerprint density at radius 2 is 1.88 bits per heavy atom. The molecule has 1 aliphatic heterocycles. The fourth-order valence-electron chi connectivity index (χ4n) is 3.16. The SMILES string of the molecule is Cc1cc(C)c(Nc2nccc(C(=O)N3CCCCCC3)n2)c(Cl)c1. The van der Waals surface area contributed by atoms with Crippen LogP contribution >= 0.6 is 11.6 Å². The van der Waals surface area contributed by atoms with Crippen molar-refractivity contribution in [3.8, 4) is 0 Å². The highest BCUT2D eigenvalue weighted by Crippen LogP contribution is 2.29. The molecule has 0 aliphatic carbocycles. The van der Waals surface area contributed by atoms with Crippen molar-refractivity contribution in [3.63, 3.8) is 0 Å². The summed E-state index contributed by atoms with van der Waals surface area (Å²) in [5.74, 6) is 0.355. The summed E-state index contributed by atoms with van der Waals surface area (Å²) >= 11 is 6.33. The summed E-state index contributed by atoms with van der Waals surface area (Å²) in [4.78, 5) is 23.2. The third kappa shape index (κ3) is 4.28. The van der Waals surface area contributed by atoms with Crippen molar-refractivity contribution >= 4 is 29.1 Å². The third-order valence-corrected chi connectivity index (χ3v) is 4.73. The van der Waals surface area contributed by atoms with Crippen LogP contribution in [-0.2, 0) is 0 Å². The van der Waals surface area contributed by atoms with E-state index in [2.05, 4.69) is 15.3 Å². The highest BCUT2D eigenvalue weighted by molar-refractivity contribution is 6.33. The molecule has 132 valence electrons. The van der Waals surface area contributed by atoms with E-state index in [0.717, 1.165) is 42.7 Å². The number of rotatable bonds is 3. The zero-order valence-corrected chi connectivity index (χ0v) is 15.4. The predicted octanol–water partition coefficient (Wildman–Crippen LogP) is 4.51. The first kappa shape index (κ1) is 17.7. The van der Waals surface area contributed by atoms with Gasteiger partial charge in [-0.1, -0.05) is 30.5 Å². The predicted molar refractivity (Wildman–Crippen MR) is 101 cm³/mol. The Morgan fingerprint density at radius 3 is 2.56 bits per heavy atom. The van der Waals surface area contributed by atoms with Gasteiger partial charge in [0.25, 0.3) is 5.91 Å². The van der Waals surface area contributed by atoms with Crippen molar-refractivity contribution in [2.24, 2.45) is 0 Å². The lowest BCUT2D eigenvalue weighted by atomic mass is 10.1. The lowest BCUT2D eigenvalue weighted by Crippen LogP contribution is -2.32. The number of benzene rings is 1. The second-order valence-electron chi connectivity index (χ2n) is 6.54. The summed E-state index contributed by atoms with van der Waals surface area (Å²) in [6.45, 7) is 5.58. The first-order valence-electron chi connectivity index (χ1n) is 8.70. The van der Waals surface area contributed by atoms with Gasteiger partial charge in [-0.2, -0.15) is 0 Å². The van der Waals surface area contributed by atoms with E-state index in [4.69, 9.17) is 11.6 Å². The largest absolute Gasteiger partial charge is 0.337 e. The number of amides is 1. The van der Waals surface area contributed by atoms with Gasteiger partial charge in [0.1, 0.15) is 5.69 Å². The van der Waals surface area contributed by atoms with E-state index in [1.807, 2.05) is 30.9 Å². The Bertz CT molecular complexity index is 747. The summed E-state index contributed by atoms with van der Waals surface area (Å²) in [7, 11) is 0. The van der Waals surface area contributed by atoms with Crippen molar-refractivity contribution in [1.29, 1.82) is 0 Å². The highest BCUT2D eigenvalue weighted by atomic mass is 35.5. The van der Waals surface area contributed by atoms with Crippen LogP contribution in [0.5, 0.6) is 0 Å². The lowest BCUT2D eigenvalue weighted by molar-refractivity contribution is 0.0755. The number of hydrogen-bond donors (Lipinski definition) is 1. The van der Waals surface area contributed by atoms with Gasteiger partial charge in [-0.3, -0.25) is 4.79 Å². The molecule has 1 fully saturated rings. The fourth-order valence-corrected chi connectivity index (χ4v) is 3.53. The maximum absolute atomic E-state index is 12.7. The van der Waals surface area contributed by atoms with Crippen LogP contribution in [0.4, 0.5) is 11.6 Å². The van der Waals surface area contributed by atoms with Crippen LogP contribution in [0.1, 0.15) is 47.3 Å². The number of nitrogens with zero attached hydrogens (tertiary/aromatic N) is 3. The van der Waals surface area contributed by atoms with Crippen molar-refractivity contribution in [3.05, 3.63) is 46.2 Å². The average Bonchev–Trinajstić information content (AvgIpc) is 2.87. The summed E-state index contributed by atoms with van der Waals surface area (Å²) < 4.78 is 0. The van der Waals surface area contributed by atoms with Crippen LogP contribution in [0.3, 0.4) is 0 Å². The van der Waals surface area contributed by atoms with Crippen LogP contribution < -0.4 is 5.32 Å². The quantitative estimate of drug-likeness (QED) is 0.877. The summed E-state index contributed by atoms with van der Waals surface area (Å²) in [5, 5.41) is 3.77. The molecule has 1 aromatic heterocycles. The lowest BCUT2D eigenvalue weighted by Gasteiger charge is -2.20. The number of halogens is 1. The van der Waals surface area contributed by atoms with Gasteiger partial charge in [-0.05, 0) is 49.9 Å². The number of aromatic nitrogens is 2. The van der Waals surface area contributed by atoms with Crippen LogP contribution in [0, 0.1) is 13.8 Å². The Labute approximate surface area is 153 Å². The van der Waals surface area contributed by atoms with E-state index in [1.165, 1.54) is 12.8 Å². The third-order valence-electron chi connectivity index (χ3n) is 4.44. The van der Waals surface area contributed by atoms with Crippen molar-refractivity contribution in [2.45, 2.75) is 39.5 Å². The molecular weight excluding hydrogens is 336 g/mol. The maximum Gasteiger partial charge on any atom is 0.272 e. The summed E-state index contributed by atoms with van der Waals surface area (Å²) in [5.41, 5.74) is 3.30. The van der Waals surface area contributed by atoms with Gasteiger partial charge in [0.05, 0.1) is 10.7 Å². The number of carbonyl (C=O) groups is 1. The minimum Gasteiger partial charge on any atom is -0.337 e. The summed E-state index contributed by atoms with van der Waals surface area (Å²) in [6, 6.07) is 5.60. The standard InChI is InChI=1S/C19H23ClN4O/c1-13-11-14(2)17(15(20)12-13)23-19-21-8-7-16(22-19)18(25)24-9-5-3-4-6-10-24/h7-8,11-12H,3-6,9-10H2,1-2H3,(H,21,22,23). The molecule has 0 spiro atoms. The first-order valence-corrected chi connectivity index (χ1v) is 9.08. The molecule has 1 N–H and O–H groups in total. The molecule has 1 amide bonds. The molecule has 2 heterocycles. The van der Waals surface area contributed by atoms with Crippen molar-refractivity contribution in [1.82, 2.24) is 14.9 Å². The average molecular weight is 359 g/mol.